The summed E-state index contributed by atoms with van der Waals surface area (Å²) in [6.07, 6.45) is 3.33. The van der Waals surface area contributed by atoms with E-state index in [4.69, 9.17) is 18.9 Å². The third-order valence-electron chi connectivity index (χ3n) is 3.29. The maximum atomic E-state index is 11.8. The lowest BCUT2D eigenvalue weighted by molar-refractivity contribution is -0.241. The smallest absolute Gasteiger partial charge is 0.337 e. The molecule has 1 aliphatic rings. The van der Waals surface area contributed by atoms with Gasteiger partial charge in [0.05, 0.1) is 13.2 Å². The molecule has 0 aromatic heterocycles. The number of hydrogen-bond donors (Lipinski definition) is 0. The average molecular weight is 318 g/mol. The average Bonchev–Trinajstić information content (AvgIpc) is 2.55. The Morgan fingerprint density at radius 1 is 1.26 bits per heavy atom. The Bertz CT molecular complexity index is 634. The van der Waals surface area contributed by atoms with Crippen LogP contribution in [0.2, 0.25) is 0 Å². The minimum Gasteiger partial charge on any atom is -0.497 e. The van der Waals surface area contributed by atoms with Gasteiger partial charge in [-0.1, -0.05) is 36.4 Å². The Hall–Kier alpha value is -2.60. The highest BCUT2D eigenvalue weighted by Crippen LogP contribution is 2.33. The molecule has 1 heterocycles. The first-order chi connectivity index (χ1) is 11.0. The second kappa shape index (κ2) is 7.11. The van der Waals surface area contributed by atoms with Gasteiger partial charge in [0.15, 0.2) is 5.76 Å². The van der Waals surface area contributed by atoms with E-state index in [0.29, 0.717) is 0 Å². The highest BCUT2D eigenvalue weighted by molar-refractivity contribution is 5.85. The second-order valence-electron chi connectivity index (χ2n) is 4.83. The third kappa shape index (κ3) is 3.78. The van der Waals surface area contributed by atoms with Crippen LogP contribution in [0, 0.1) is 0 Å². The van der Waals surface area contributed by atoms with E-state index in [0.717, 1.165) is 11.6 Å². The monoisotopic (exact) mass is 318 g/mol. The Kier molecular flexibility index (Phi) is 5.18. The van der Waals surface area contributed by atoms with Gasteiger partial charge in [-0.25, -0.2) is 4.79 Å². The molecule has 0 amide bonds. The van der Waals surface area contributed by atoms with Crippen molar-refractivity contribution in [1.29, 1.82) is 0 Å². The fourth-order valence-corrected chi connectivity index (χ4v) is 2.22. The first-order valence-corrected chi connectivity index (χ1v) is 6.96. The topological polar surface area (TPSA) is 71.1 Å². The van der Waals surface area contributed by atoms with Gasteiger partial charge in [0.2, 0.25) is 6.10 Å². The van der Waals surface area contributed by atoms with Crippen LogP contribution >= 0.6 is 0 Å². The summed E-state index contributed by atoms with van der Waals surface area (Å²) >= 11 is 0. The summed E-state index contributed by atoms with van der Waals surface area (Å²) in [4.78, 5) is 23.2. The van der Waals surface area contributed by atoms with E-state index in [1.165, 1.54) is 27.2 Å². The molecule has 1 aromatic rings. The number of carbonyl (C=O) groups is 2. The summed E-state index contributed by atoms with van der Waals surface area (Å²) in [5, 5.41) is 0. The fraction of sp³-hybridized carbons (Fsp3) is 0.294. The summed E-state index contributed by atoms with van der Waals surface area (Å²) in [5.74, 6) is -2.65. The number of carbonyl (C=O) groups excluding carboxylic acids is 2. The maximum Gasteiger partial charge on any atom is 0.337 e. The Morgan fingerprint density at radius 2 is 1.96 bits per heavy atom. The molecule has 0 spiro atoms. The molecule has 0 unspecified atom stereocenters. The molecule has 6 nitrogen and oxygen atoms in total. The van der Waals surface area contributed by atoms with E-state index in [2.05, 4.69) is 0 Å². The molecule has 6 heteroatoms. The van der Waals surface area contributed by atoms with E-state index in [1.54, 1.807) is 6.08 Å². The highest BCUT2D eigenvalue weighted by atomic mass is 16.7. The summed E-state index contributed by atoms with van der Waals surface area (Å²) in [6, 6.07) is 9.38. The predicted octanol–water partition coefficient (Wildman–Crippen LogP) is 2.06. The van der Waals surface area contributed by atoms with Crippen LogP contribution < -0.4 is 0 Å². The fourth-order valence-electron chi connectivity index (χ4n) is 2.22. The van der Waals surface area contributed by atoms with E-state index in [-0.39, 0.29) is 5.76 Å². The molecule has 0 aliphatic carbocycles. The zero-order chi connectivity index (χ0) is 16.9. The van der Waals surface area contributed by atoms with E-state index in [1.807, 2.05) is 30.3 Å². The zero-order valence-electron chi connectivity index (χ0n) is 13.1. The van der Waals surface area contributed by atoms with Crippen molar-refractivity contribution >= 4 is 18.0 Å². The molecule has 0 bridgehead atoms. The van der Waals surface area contributed by atoms with Crippen LogP contribution in [-0.4, -0.2) is 38.0 Å². The minimum atomic E-state index is -1.60. The van der Waals surface area contributed by atoms with Crippen LogP contribution in [0.5, 0.6) is 0 Å². The van der Waals surface area contributed by atoms with Gasteiger partial charge in [-0.05, 0) is 11.6 Å². The molecule has 0 saturated heterocycles. The Morgan fingerprint density at radius 3 is 2.52 bits per heavy atom. The first kappa shape index (κ1) is 16.8. The lowest BCUT2D eigenvalue weighted by atomic mass is 10.0. The minimum absolute atomic E-state index is 0.149. The lowest BCUT2D eigenvalue weighted by Crippen LogP contribution is -2.52. The number of rotatable bonds is 5. The van der Waals surface area contributed by atoms with Crippen molar-refractivity contribution in [2.24, 2.45) is 0 Å². The number of methoxy groups -OCH3 is 2. The van der Waals surface area contributed by atoms with Gasteiger partial charge in [0.1, 0.15) is 0 Å². The molecule has 23 heavy (non-hydrogen) atoms. The standard InChI is InChI=1S/C17H18O6/c1-12(18)22-16-14(20-2)11-15(19)23-17(16,21-3)10-9-13-7-5-4-6-8-13/h4-11,16H,1-3H3/t16-,17+/m1/s1. The van der Waals surface area contributed by atoms with Crippen LogP contribution in [0.3, 0.4) is 0 Å². The number of esters is 2. The van der Waals surface area contributed by atoms with Gasteiger partial charge in [-0.3, -0.25) is 4.79 Å². The van der Waals surface area contributed by atoms with Gasteiger partial charge >= 0.3 is 11.9 Å². The molecule has 0 radical (unpaired) electrons. The van der Waals surface area contributed by atoms with Gasteiger partial charge in [0, 0.05) is 14.0 Å². The third-order valence-corrected chi connectivity index (χ3v) is 3.29. The van der Waals surface area contributed by atoms with E-state index >= 15 is 0 Å². The van der Waals surface area contributed by atoms with Gasteiger partial charge < -0.3 is 18.9 Å². The SMILES string of the molecule is COC1=CC(=O)O[C@](C=Cc2ccccc2)(OC)[C@@H]1OC(C)=O. The van der Waals surface area contributed by atoms with Gasteiger partial charge in [0.25, 0.3) is 5.79 Å². The van der Waals surface area contributed by atoms with Crippen molar-refractivity contribution in [2.45, 2.75) is 18.8 Å². The quantitative estimate of drug-likeness (QED) is 0.774. The predicted molar refractivity (Wildman–Crippen MR) is 82.0 cm³/mol. The Balaban J connectivity index is 2.42. The molecule has 1 aromatic carbocycles. The summed E-state index contributed by atoms with van der Waals surface area (Å²) in [7, 11) is 2.74. The van der Waals surface area contributed by atoms with Gasteiger partial charge in [-0.15, -0.1) is 0 Å². The Labute approximate surface area is 134 Å². The molecule has 0 saturated carbocycles. The molecule has 0 N–H and O–H groups in total. The maximum absolute atomic E-state index is 11.8. The lowest BCUT2D eigenvalue weighted by Gasteiger charge is -2.38. The van der Waals surface area contributed by atoms with Crippen molar-refractivity contribution < 1.29 is 28.5 Å². The molecule has 122 valence electrons. The van der Waals surface area contributed by atoms with Crippen molar-refractivity contribution in [2.75, 3.05) is 14.2 Å². The molecular weight excluding hydrogens is 300 g/mol. The number of cyclic esters (lactones) is 1. The second-order valence-corrected chi connectivity index (χ2v) is 4.83. The van der Waals surface area contributed by atoms with E-state index < -0.39 is 23.8 Å². The zero-order valence-corrected chi connectivity index (χ0v) is 13.1. The van der Waals surface area contributed by atoms with Crippen molar-refractivity contribution in [3.63, 3.8) is 0 Å². The number of benzene rings is 1. The molecule has 0 fully saturated rings. The van der Waals surface area contributed by atoms with Crippen LogP contribution in [0.1, 0.15) is 12.5 Å². The number of ether oxygens (including phenoxy) is 4. The number of hydrogen-bond acceptors (Lipinski definition) is 6. The highest BCUT2D eigenvalue weighted by Gasteiger charge is 2.49. The van der Waals surface area contributed by atoms with Crippen molar-refractivity contribution in [1.82, 2.24) is 0 Å². The summed E-state index contributed by atoms with van der Waals surface area (Å²) in [5.41, 5.74) is 0.870. The van der Waals surface area contributed by atoms with Crippen LogP contribution in [0.4, 0.5) is 0 Å². The van der Waals surface area contributed by atoms with Gasteiger partial charge in [-0.2, -0.15) is 0 Å². The first-order valence-electron chi connectivity index (χ1n) is 6.96. The summed E-state index contributed by atoms with van der Waals surface area (Å²) in [6.45, 7) is 1.25. The van der Waals surface area contributed by atoms with Crippen LogP contribution in [0.15, 0.2) is 48.2 Å². The van der Waals surface area contributed by atoms with Crippen LogP contribution in [-0.2, 0) is 28.5 Å². The van der Waals surface area contributed by atoms with Crippen LogP contribution in [0.25, 0.3) is 6.08 Å². The van der Waals surface area contributed by atoms with Crippen molar-refractivity contribution in [3.8, 4) is 0 Å². The van der Waals surface area contributed by atoms with Crippen molar-refractivity contribution in [3.05, 3.63) is 53.8 Å². The normalized spacial score (nSPS) is 24.0. The largest absolute Gasteiger partial charge is 0.497 e. The molecule has 2 atom stereocenters. The molecular formula is C17H18O6. The molecule has 1 aliphatic heterocycles. The molecule has 2 rings (SSSR count). The van der Waals surface area contributed by atoms with E-state index in [9.17, 15) is 9.59 Å². The summed E-state index contributed by atoms with van der Waals surface area (Å²) < 4.78 is 21.1.